The van der Waals surface area contributed by atoms with Gasteiger partial charge in [0.1, 0.15) is 11.9 Å². The summed E-state index contributed by atoms with van der Waals surface area (Å²) < 4.78 is 13.7. The normalized spacial score (nSPS) is 12.6. The van der Waals surface area contributed by atoms with Crippen LogP contribution in [0.4, 0.5) is 4.39 Å². The third-order valence-corrected chi connectivity index (χ3v) is 4.35. The predicted octanol–water partition coefficient (Wildman–Crippen LogP) is 3.75. The molecule has 0 amide bonds. The lowest BCUT2D eigenvalue weighted by atomic mass is 10.1. The summed E-state index contributed by atoms with van der Waals surface area (Å²) in [5.74, 6) is -1.09. The standard InChI is InChI=1S/C16H18FNO2S/c1-10(2)15(16(19)20)18-9-11-7-8-14(21-11)12-5-3-4-6-13(12)17/h3-8,10,15,18H,9H2,1-2H3,(H,19,20)/t15-/m0/s1. The fraction of sp³-hybridized carbons (Fsp3) is 0.312. The largest absolute Gasteiger partial charge is 0.480 e. The summed E-state index contributed by atoms with van der Waals surface area (Å²) in [6, 6.07) is 9.83. The molecular formula is C16H18FNO2S. The molecule has 2 aromatic rings. The number of benzene rings is 1. The number of rotatable bonds is 6. The van der Waals surface area contributed by atoms with Gasteiger partial charge in [-0.05, 0) is 24.1 Å². The lowest BCUT2D eigenvalue weighted by Crippen LogP contribution is -2.40. The van der Waals surface area contributed by atoms with Gasteiger partial charge in [0.2, 0.25) is 0 Å². The van der Waals surface area contributed by atoms with Gasteiger partial charge in [0.25, 0.3) is 0 Å². The number of hydrogen-bond acceptors (Lipinski definition) is 3. The number of nitrogens with one attached hydrogen (secondary N) is 1. The van der Waals surface area contributed by atoms with Crippen LogP contribution in [-0.4, -0.2) is 17.1 Å². The Balaban J connectivity index is 2.07. The second kappa shape index (κ2) is 6.83. The van der Waals surface area contributed by atoms with Crippen molar-refractivity contribution in [2.75, 3.05) is 0 Å². The molecule has 0 saturated carbocycles. The topological polar surface area (TPSA) is 49.3 Å². The van der Waals surface area contributed by atoms with Crippen molar-refractivity contribution in [2.24, 2.45) is 5.92 Å². The van der Waals surface area contributed by atoms with Crippen molar-refractivity contribution in [2.45, 2.75) is 26.4 Å². The minimum atomic E-state index is -0.851. The first kappa shape index (κ1) is 15.7. The van der Waals surface area contributed by atoms with E-state index in [2.05, 4.69) is 5.32 Å². The maximum Gasteiger partial charge on any atom is 0.320 e. The van der Waals surface area contributed by atoms with E-state index in [1.807, 2.05) is 26.0 Å². The van der Waals surface area contributed by atoms with Crippen molar-refractivity contribution >= 4 is 17.3 Å². The molecule has 0 unspecified atom stereocenters. The molecule has 2 N–H and O–H groups in total. The first-order valence-electron chi connectivity index (χ1n) is 6.79. The zero-order valence-electron chi connectivity index (χ0n) is 12.0. The van der Waals surface area contributed by atoms with E-state index in [0.29, 0.717) is 12.1 Å². The fourth-order valence-electron chi connectivity index (χ4n) is 2.10. The summed E-state index contributed by atoms with van der Waals surface area (Å²) in [5, 5.41) is 12.2. The van der Waals surface area contributed by atoms with Crippen molar-refractivity contribution in [1.82, 2.24) is 5.32 Å². The highest BCUT2D eigenvalue weighted by atomic mass is 32.1. The smallest absolute Gasteiger partial charge is 0.320 e. The summed E-state index contributed by atoms with van der Waals surface area (Å²) in [6.07, 6.45) is 0. The van der Waals surface area contributed by atoms with Crippen LogP contribution in [-0.2, 0) is 11.3 Å². The molecular weight excluding hydrogens is 289 g/mol. The summed E-state index contributed by atoms with van der Waals surface area (Å²) in [5.41, 5.74) is 0.576. The van der Waals surface area contributed by atoms with Crippen LogP contribution in [0.2, 0.25) is 0 Å². The molecule has 0 saturated heterocycles. The summed E-state index contributed by atoms with van der Waals surface area (Å²) in [7, 11) is 0. The quantitative estimate of drug-likeness (QED) is 0.854. The number of aliphatic carboxylic acids is 1. The molecule has 1 atom stereocenters. The highest BCUT2D eigenvalue weighted by Crippen LogP contribution is 2.30. The maximum absolute atomic E-state index is 13.7. The molecule has 1 heterocycles. The average Bonchev–Trinajstić information content (AvgIpc) is 2.87. The van der Waals surface area contributed by atoms with Crippen LogP contribution in [0.1, 0.15) is 18.7 Å². The lowest BCUT2D eigenvalue weighted by molar-refractivity contribution is -0.140. The number of carbonyl (C=O) groups is 1. The monoisotopic (exact) mass is 307 g/mol. The fourth-order valence-corrected chi connectivity index (χ4v) is 3.08. The minimum absolute atomic E-state index is 0.00787. The number of carboxylic acids is 1. The van der Waals surface area contributed by atoms with Gasteiger partial charge >= 0.3 is 5.97 Å². The van der Waals surface area contributed by atoms with Gasteiger partial charge in [-0.2, -0.15) is 0 Å². The van der Waals surface area contributed by atoms with Crippen molar-refractivity contribution < 1.29 is 14.3 Å². The number of carboxylic acid groups (broad SMARTS) is 1. The summed E-state index contributed by atoms with van der Waals surface area (Å²) >= 11 is 1.47. The van der Waals surface area contributed by atoms with Crippen molar-refractivity contribution in [3.05, 3.63) is 47.1 Å². The molecule has 0 bridgehead atoms. The zero-order chi connectivity index (χ0) is 15.4. The van der Waals surface area contributed by atoms with Gasteiger partial charge in [0.05, 0.1) is 0 Å². The van der Waals surface area contributed by atoms with Crippen molar-refractivity contribution in [3.63, 3.8) is 0 Å². The zero-order valence-corrected chi connectivity index (χ0v) is 12.8. The molecule has 5 heteroatoms. The molecule has 0 aliphatic carbocycles. The van der Waals surface area contributed by atoms with Gasteiger partial charge < -0.3 is 5.11 Å². The molecule has 21 heavy (non-hydrogen) atoms. The van der Waals surface area contributed by atoms with Crippen LogP contribution in [0.3, 0.4) is 0 Å². The van der Waals surface area contributed by atoms with Gasteiger partial charge in [-0.25, -0.2) is 4.39 Å². The summed E-state index contributed by atoms with van der Waals surface area (Å²) in [6.45, 7) is 4.20. The third-order valence-electron chi connectivity index (χ3n) is 3.23. The second-order valence-electron chi connectivity index (χ2n) is 5.19. The van der Waals surface area contributed by atoms with Crippen LogP contribution in [0.5, 0.6) is 0 Å². The Kier molecular flexibility index (Phi) is 5.09. The predicted molar refractivity (Wildman–Crippen MR) is 82.8 cm³/mol. The highest BCUT2D eigenvalue weighted by molar-refractivity contribution is 7.15. The Morgan fingerprint density at radius 3 is 2.62 bits per heavy atom. The molecule has 0 fully saturated rings. The molecule has 1 aromatic heterocycles. The number of hydrogen-bond donors (Lipinski definition) is 2. The van der Waals surface area contributed by atoms with Gasteiger partial charge in [0, 0.05) is 21.9 Å². The molecule has 112 valence electrons. The Hall–Kier alpha value is -1.72. The second-order valence-corrected chi connectivity index (χ2v) is 6.35. The SMILES string of the molecule is CC(C)[C@H](NCc1ccc(-c2ccccc2F)s1)C(=O)O. The van der Waals surface area contributed by atoms with Gasteiger partial charge in [-0.3, -0.25) is 10.1 Å². The van der Waals surface area contributed by atoms with Crippen LogP contribution >= 0.6 is 11.3 Å². The Morgan fingerprint density at radius 1 is 1.29 bits per heavy atom. The van der Waals surface area contributed by atoms with Crippen LogP contribution in [0.25, 0.3) is 10.4 Å². The summed E-state index contributed by atoms with van der Waals surface area (Å²) in [4.78, 5) is 13.0. The maximum atomic E-state index is 13.7. The van der Waals surface area contributed by atoms with E-state index in [1.54, 1.807) is 18.2 Å². The van der Waals surface area contributed by atoms with Crippen LogP contribution in [0, 0.1) is 11.7 Å². The average molecular weight is 307 g/mol. The first-order valence-corrected chi connectivity index (χ1v) is 7.60. The van der Waals surface area contributed by atoms with Crippen molar-refractivity contribution in [1.29, 1.82) is 0 Å². The Morgan fingerprint density at radius 2 is 2.00 bits per heavy atom. The van der Waals surface area contributed by atoms with E-state index in [1.165, 1.54) is 17.4 Å². The number of thiophene rings is 1. The Bertz CT molecular complexity index is 624. The van der Waals surface area contributed by atoms with Gasteiger partial charge in [-0.15, -0.1) is 11.3 Å². The lowest BCUT2D eigenvalue weighted by Gasteiger charge is -2.17. The molecule has 3 nitrogen and oxygen atoms in total. The highest BCUT2D eigenvalue weighted by Gasteiger charge is 2.20. The van der Waals surface area contributed by atoms with Crippen LogP contribution in [0.15, 0.2) is 36.4 Å². The van der Waals surface area contributed by atoms with E-state index in [-0.39, 0.29) is 11.7 Å². The molecule has 0 radical (unpaired) electrons. The van der Waals surface area contributed by atoms with E-state index in [9.17, 15) is 9.18 Å². The van der Waals surface area contributed by atoms with Gasteiger partial charge in [-0.1, -0.05) is 32.0 Å². The van der Waals surface area contributed by atoms with E-state index < -0.39 is 12.0 Å². The van der Waals surface area contributed by atoms with Crippen LogP contribution < -0.4 is 5.32 Å². The molecule has 0 aliphatic heterocycles. The molecule has 0 aliphatic rings. The molecule has 2 rings (SSSR count). The minimum Gasteiger partial charge on any atom is -0.480 e. The van der Waals surface area contributed by atoms with Crippen molar-refractivity contribution in [3.8, 4) is 10.4 Å². The molecule has 0 spiro atoms. The van der Waals surface area contributed by atoms with E-state index in [4.69, 9.17) is 5.11 Å². The number of halogens is 1. The van der Waals surface area contributed by atoms with Gasteiger partial charge in [0.15, 0.2) is 0 Å². The third kappa shape index (κ3) is 3.89. The van der Waals surface area contributed by atoms with E-state index in [0.717, 1.165) is 9.75 Å². The Labute approximate surface area is 127 Å². The van der Waals surface area contributed by atoms with E-state index >= 15 is 0 Å². The molecule has 1 aromatic carbocycles. The first-order chi connectivity index (χ1) is 9.99.